The van der Waals surface area contributed by atoms with Gasteiger partial charge in [-0.2, -0.15) is 0 Å². The number of nitrogens with two attached hydrogens (primary N) is 1. The van der Waals surface area contributed by atoms with Crippen molar-refractivity contribution in [3.8, 4) is 5.75 Å². The van der Waals surface area contributed by atoms with E-state index in [-0.39, 0.29) is 18.4 Å². The van der Waals surface area contributed by atoms with E-state index in [1.54, 1.807) is 30.3 Å². The quantitative estimate of drug-likeness (QED) is 0.584. The first kappa shape index (κ1) is 21.9. The van der Waals surface area contributed by atoms with Crippen LogP contribution in [-0.4, -0.2) is 36.9 Å². The Morgan fingerprint density at radius 1 is 1.03 bits per heavy atom. The van der Waals surface area contributed by atoms with Gasteiger partial charge in [0.2, 0.25) is 17.7 Å². The highest BCUT2D eigenvalue weighted by molar-refractivity contribution is 5.91. The average molecular weight is 401 g/mol. The van der Waals surface area contributed by atoms with Gasteiger partial charge < -0.3 is 21.1 Å². The third-order valence-electron chi connectivity index (χ3n) is 4.31. The monoisotopic (exact) mass is 401 g/mol. The summed E-state index contributed by atoms with van der Waals surface area (Å²) >= 11 is 0. The average Bonchev–Trinajstić information content (AvgIpc) is 2.68. The zero-order valence-electron chi connectivity index (χ0n) is 16.3. The lowest BCUT2D eigenvalue weighted by Gasteiger charge is -2.22. The summed E-state index contributed by atoms with van der Waals surface area (Å²) in [5.74, 6) is -1.69. The first-order valence-corrected chi connectivity index (χ1v) is 9.03. The second-order valence-corrected chi connectivity index (χ2v) is 6.57. The number of ether oxygens (including phenoxy) is 1. The summed E-state index contributed by atoms with van der Waals surface area (Å²) in [6.45, 7) is 1.25. The van der Waals surface area contributed by atoms with Gasteiger partial charge in [0, 0.05) is 19.8 Å². The van der Waals surface area contributed by atoms with Crippen molar-refractivity contribution in [1.82, 2.24) is 10.6 Å². The van der Waals surface area contributed by atoms with E-state index in [9.17, 15) is 18.8 Å². The van der Waals surface area contributed by atoms with Crippen LogP contribution in [0.4, 0.5) is 4.39 Å². The van der Waals surface area contributed by atoms with Gasteiger partial charge in [-0.05, 0) is 29.3 Å². The number of amides is 3. The lowest BCUT2D eigenvalue weighted by molar-refractivity contribution is -0.130. The van der Waals surface area contributed by atoms with Crippen LogP contribution in [0.15, 0.2) is 48.5 Å². The second-order valence-electron chi connectivity index (χ2n) is 6.57. The second kappa shape index (κ2) is 10.2. The van der Waals surface area contributed by atoms with Gasteiger partial charge in [0.1, 0.15) is 23.7 Å². The van der Waals surface area contributed by atoms with Gasteiger partial charge in [0.05, 0.1) is 7.11 Å². The van der Waals surface area contributed by atoms with E-state index in [1.165, 1.54) is 32.2 Å². The van der Waals surface area contributed by atoms with E-state index in [4.69, 9.17) is 10.5 Å². The van der Waals surface area contributed by atoms with Gasteiger partial charge in [-0.15, -0.1) is 0 Å². The maximum Gasteiger partial charge on any atom is 0.243 e. The third kappa shape index (κ3) is 6.60. The number of carbonyl (C=O) groups is 3. The lowest BCUT2D eigenvalue weighted by Crippen LogP contribution is -2.54. The molecule has 7 nitrogen and oxygen atoms in total. The summed E-state index contributed by atoms with van der Waals surface area (Å²) in [6, 6.07) is 10.9. The number of carbonyl (C=O) groups excluding carboxylic acids is 3. The Bertz CT molecular complexity index is 888. The molecule has 2 aromatic rings. The molecule has 2 rings (SSSR count). The Balaban J connectivity index is 2.16. The zero-order valence-corrected chi connectivity index (χ0v) is 16.3. The molecule has 8 heteroatoms. The molecule has 4 N–H and O–H groups in total. The molecule has 29 heavy (non-hydrogen) atoms. The van der Waals surface area contributed by atoms with Crippen molar-refractivity contribution in [2.24, 2.45) is 5.73 Å². The van der Waals surface area contributed by atoms with Gasteiger partial charge >= 0.3 is 0 Å². The van der Waals surface area contributed by atoms with Crippen LogP contribution < -0.4 is 21.1 Å². The molecule has 2 aromatic carbocycles. The molecule has 0 bridgehead atoms. The fourth-order valence-corrected chi connectivity index (χ4v) is 2.87. The molecule has 0 aromatic heterocycles. The normalized spacial score (nSPS) is 12.5. The Hall–Kier alpha value is -3.42. The van der Waals surface area contributed by atoms with Crippen molar-refractivity contribution in [2.75, 3.05) is 7.11 Å². The number of hydrogen-bond acceptors (Lipinski definition) is 4. The van der Waals surface area contributed by atoms with E-state index in [1.807, 2.05) is 0 Å². The van der Waals surface area contributed by atoms with Crippen LogP contribution in [0.2, 0.25) is 0 Å². The summed E-state index contributed by atoms with van der Waals surface area (Å²) < 4.78 is 19.1. The molecular formula is C21H24FN3O4. The predicted molar refractivity (Wildman–Crippen MR) is 106 cm³/mol. The minimum absolute atomic E-state index is 0.0667. The first-order valence-electron chi connectivity index (χ1n) is 9.03. The van der Waals surface area contributed by atoms with Gasteiger partial charge in [0.15, 0.2) is 0 Å². The maximum absolute atomic E-state index is 14.0. The van der Waals surface area contributed by atoms with Gasteiger partial charge in [-0.3, -0.25) is 14.4 Å². The van der Waals surface area contributed by atoms with Crippen LogP contribution in [0.5, 0.6) is 5.75 Å². The van der Waals surface area contributed by atoms with Gasteiger partial charge in [-0.25, -0.2) is 4.39 Å². The van der Waals surface area contributed by atoms with Gasteiger partial charge in [0.25, 0.3) is 0 Å². The maximum atomic E-state index is 14.0. The molecule has 0 saturated carbocycles. The number of nitrogens with one attached hydrogen (secondary N) is 2. The van der Waals surface area contributed by atoms with Crippen molar-refractivity contribution < 1.29 is 23.5 Å². The van der Waals surface area contributed by atoms with E-state index < -0.39 is 35.6 Å². The molecule has 3 amide bonds. The minimum Gasteiger partial charge on any atom is -0.497 e. The topological polar surface area (TPSA) is 111 Å². The van der Waals surface area contributed by atoms with Crippen LogP contribution in [0, 0.1) is 5.82 Å². The number of halogens is 1. The van der Waals surface area contributed by atoms with Crippen LogP contribution in [-0.2, 0) is 27.2 Å². The molecule has 0 unspecified atom stereocenters. The van der Waals surface area contributed by atoms with E-state index >= 15 is 0 Å². The SMILES string of the molecule is COc1cccc(C[C@@H](NC(=O)[C@@H](Cc2ccccc2F)NC(C)=O)C(N)=O)c1. The molecule has 0 radical (unpaired) electrons. The van der Waals surface area contributed by atoms with Gasteiger partial charge in [-0.1, -0.05) is 30.3 Å². The Kier molecular flexibility index (Phi) is 7.70. The predicted octanol–water partition coefficient (Wildman–Crippen LogP) is 1.09. The molecule has 0 heterocycles. The van der Waals surface area contributed by atoms with Crippen molar-refractivity contribution in [3.05, 3.63) is 65.5 Å². The number of methoxy groups -OCH3 is 1. The molecule has 0 aliphatic heterocycles. The molecule has 0 saturated heterocycles. The van der Waals surface area contributed by atoms with Crippen molar-refractivity contribution in [3.63, 3.8) is 0 Å². The minimum atomic E-state index is -1.06. The lowest BCUT2D eigenvalue weighted by atomic mass is 10.0. The van der Waals surface area contributed by atoms with E-state index in [0.717, 1.165) is 5.56 Å². The Morgan fingerprint density at radius 3 is 2.38 bits per heavy atom. The summed E-state index contributed by atoms with van der Waals surface area (Å²) in [4.78, 5) is 36.1. The van der Waals surface area contributed by atoms with Crippen molar-refractivity contribution in [2.45, 2.75) is 31.8 Å². The molecule has 154 valence electrons. The van der Waals surface area contributed by atoms with E-state index in [0.29, 0.717) is 5.75 Å². The highest BCUT2D eigenvalue weighted by Crippen LogP contribution is 2.14. The number of benzene rings is 2. The van der Waals surface area contributed by atoms with Crippen LogP contribution >= 0.6 is 0 Å². The highest BCUT2D eigenvalue weighted by Gasteiger charge is 2.26. The fraction of sp³-hybridized carbons (Fsp3) is 0.286. The Labute approximate surface area is 168 Å². The highest BCUT2D eigenvalue weighted by atomic mass is 19.1. The number of primary amides is 1. The molecular weight excluding hydrogens is 377 g/mol. The summed E-state index contributed by atoms with van der Waals surface area (Å²) in [7, 11) is 1.52. The van der Waals surface area contributed by atoms with Crippen LogP contribution in [0.1, 0.15) is 18.1 Å². The summed E-state index contributed by atoms with van der Waals surface area (Å²) in [6.07, 6.45) is 0.0769. The fourth-order valence-electron chi connectivity index (χ4n) is 2.87. The molecule has 0 fully saturated rings. The smallest absolute Gasteiger partial charge is 0.243 e. The summed E-state index contributed by atoms with van der Waals surface area (Å²) in [5.41, 5.74) is 6.45. The summed E-state index contributed by atoms with van der Waals surface area (Å²) in [5, 5.41) is 5.05. The molecule has 0 aliphatic carbocycles. The number of hydrogen-bond donors (Lipinski definition) is 3. The Morgan fingerprint density at radius 2 is 1.76 bits per heavy atom. The molecule has 2 atom stereocenters. The van der Waals surface area contributed by atoms with Crippen molar-refractivity contribution >= 4 is 17.7 Å². The largest absolute Gasteiger partial charge is 0.497 e. The number of rotatable bonds is 9. The molecule has 0 aliphatic rings. The first-order chi connectivity index (χ1) is 13.8. The van der Waals surface area contributed by atoms with Crippen LogP contribution in [0.25, 0.3) is 0 Å². The zero-order chi connectivity index (χ0) is 21.4. The van der Waals surface area contributed by atoms with E-state index in [2.05, 4.69) is 10.6 Å². The standard InChI is InChI=1S/C21H24FN3O4/c1-13(26)24-19(12-15-7-3-4-9-17(15)22)21(28)25-18(20(23)27)11-14-6-5-8-16(10-14)29-2/h3-10,18-19H,11-12H2,1-2H3,(H2,23,27)(H,24,26)(H,25,28)/t18-,19-/m1/s1. The van der Waals surface area contributed by atoms with Crippen LogP contribution in [0.3, 0.4) is 0 Å². The third-order valence-corrected chi connectivity index (χ3v) is 4.31. The van der Waals surface area contributed by atoms with Crippen molar-refractivity contribution in [1.29, 1.82) is 0 Å². The molecule has 0 spiro atoms.